The summed E-state index contributed by atoms with van der Waals surface area (Å²) < 4.78 is 19.5. The zero-order chi connectivity index (χ0) is 21.5. The van der Waals surface area contributed by atoms with E-state index in [0.717, 1.165) is 51.6 Å². The van der Waals surface area contributed by atoms with Gasteiger partial charge in [0.05, 0.1) is 12.6 Å². The summed E-state index contributed by atoms with van der Waals surface area (Å²) in [5, 5.41) is 6.75. The Bertz CT molecular complexity index is 676. The number of fused-ring (bicyclic) bond motifs is 1. The molecule has 8 heteroatoms. The van der Waals surface area contributed by atoms with Crippen molar-refractivity contribution >= 4 is 12.0 Å². The predicted molar refractivity (Wildman–Crippen MR) is 114 cm³/mol. The molecular weight excluding hydrogens is 399 g/mol. The standard InChI is InChI=1S/C23H37FN4O3/c1-14-5-6-19(24)18-12-20(26-21(14)18)22(29)25-15-3-2-4-16(11-15)27-8-7-17(13-27)28-9-10-31-23(28)30/h14-21,26H,2-13H2,1H3,(H,25,29)/t14?,15-,16+,17?,18?,19?,20?,21?/m1/s1. The second-order valence-corrected chi connectivity index (χ2v) is 10.5. The molecular formula is C23H37FN4O3. The molecule has 2 amide bonds. The summed E-state index contributed by atoms with van der Waals surface area (Å²) in [4.78, 5) is 29.3. The van der Waals surface area contributed by atoms with Gasteiger partial charge >= 0.3 is 6.09 Å². The summed E-state index contributed by atoms with van der Waals surface area (Å²) in [6, 6.07) is 0.776. The van der Waals surface area contributed by atoms with Gasteiger partial charge in [-0.2, -0.15) is 0 Å². The lowest BCUT2D eigenvalue weighted by molar-refractivity contribution is -0.124. The number of alkyl halides is 1. The topological polar surface area (TPSA) is 73.9 Å². The van der Waals surface area contributed by atoms with Gasteiger partial charge in [0.2, 0.25) is 5.91 Å². The molecule has 2 N–H and O–H groups in total. The SMILES string of the molecule is CC1CCC(F)C2CC(C(=O)N[C@@H]3CCC[C@H](N4CCC(N5CCOC5=O)C4)C3)NC12. The molecule has 0 aromatic rings. The van der Waals surface area contributed by atoms with E-state index in [1.165, 1.54) is 0 Å². The van der Waals surface area contributed by atoms with Crippen LogP contribution in [0.1, 0.15) is 58.3 Å². The Morgan fingerprint density at radius 3 is 2.77 bits per heavy atom. The summed E-state index contributed by atoms with van der Waals surface area (Å²) in [5.74, 6) is 0.473. The molecule has 2 saturated carbocycles. The smallest absolute Gasteiger partial charge is 0.410 e. The molecule has 8 atom stereocenters. The Morgan fingerprint density at radius 1 is 1.13 bits per heavy atom. The number of cyclic esters (lactones) is 1. The number of amides is 2. The number of carbonyl (C=O) groups is 2. The molecule has 5 aliphatic rings. The maximum Gasteiger partial charge on any atom is 0.410 e. The minimum atomic E-state index is -0.776. The Hall–Kier alpha value is -1.41. The molecule has 5 rings (SSSR count). The molecule has 0 aromatic heterocycles. The highest BCUT2D eigenvalue weighted by molar-refractivity contribution is 5.82. The third-order valence-corrected chi connectivity index (χ3v) is 8.59. The number of ether oxygens (including phenoxy) is 1. The van der Waals surface area contributed by atoms with E-state index in [1.54, 1.807) is 0 Å². The van der Waals surface area contributed by atoms with Crippen LogP contribution < -0.4 is 10.6 Å². The highest BCUT2D eigenvalue weighted by Gasteiger charge is 2.46. The number of carbonyl (C=O) groups excluding carboxylic acids is 2. The van der Waals surface area contributed by atoms with Crippen molar-refractivity contribution in [3.05, 3.63) is 0 Å². The Kier molecular flexibility index (Phi) is 6.12. The first-order valence-corrected chi connectivity index (χ1v) is 12.4. The van der Waals surface area contributed by atoms with Gasteiger partial charge < -0.3 is 20.3 Å². The molecule has 0 aromatic carbocycles. The zero-order valence-corrected chi connectivity index (χ0v) is 18.6. The van der Waals surface area contributed by atoms with Crippen LogP contribution in [0.2, 0.25) is 0 Å². The molecule has 5 fully saturated rings. The van der Waals surface area contributed by atoms with Crippen LogP contribution in [0.4, 0.5) is 9.18 Å². The van der Waals surface area contributed by atoms with Gasteiger partial charge in [-0.05, 0) is 57.3 Å². The molecule has 3 aliphatic heterocycles. The fraction of sp³-hybridized carbons (Fsp3) is 0.913. The Labute approximate surface area is 184 Å². The fourth-order valence-corrected chi connectivity index (χ4v) is 6.82. The third-order valence-electron chi connectivity index (χ3n) is 8.59. The molecule has 31 heavy (non-hydrogen) atoms. The van der Waals surface area contributed by atoms with Crippen LogP contribution >= 0.6 is 0 Å². The van der Waals surface area contributed by atoms with Crippen LogP contribution in [0, 0.1) is 11.8 Å². The van der Waals surface area contributed by atoms with Gasteiger partial charge in [-0.25, -0.2) is 9.18 Å². The lowest BCUT2D eigenvalue weighted by Gasteiger charge is -2.36. The number of likely N-dealkylation sites (tertiary alicyclic amines) is 1. The normalized spacial score (nSPS) is 43.7. The largest absolute Gasteiger partial charge is 0.448 e. The molecule has 7 nitrogen and oxygen atoms in total. The van der Waals surface area contributed by atoms with E-state index in [2.05, 4.69) is 22.5 Å². The van der Waals surface area contributed by atoms with Crippen molar-refractivity contribution in [3.63, 3.8) is 0 Å². The van der Waals surface area contributed by atoms with Crippen LogP contribution in [-0.2, 0) is 9.53 Å². The van der Waals surface area contributed by atoms with Crippen molar-refractivity contribution in [1.29, 1.82) is 0 Å². The summed E-state index contributed by atoms with van der Waals surface area (Å²) in [7, 11) is 0. The van der Waals surface area contributed by atoms with Gasteiger partial charge in [-0.15, -0.1) is 0 Å². The average Bonchev–Trinajstić information content (AvgIpc) is 3.50. The molecule has 3 saturated heterocycles. The number of hydrogen-bond donors (Lipinski definition) is 2. The number of halogens is 1. The Balaban J connectivity index is 1.13. The summed E-state index contributed by atoms with van der Waals surface area (Å²) in [6.45, 7) is 5.29. The van der Waals surface area contributed by atoms with E-state index in [0.29, 0.717) is 38.0 Å². The number of hydrogen-bond acceptors (Lipinski definition) is 5. The van der Waals surface area contributed by atoms with Crippen molar-refractivity contribution in [2.75, 3.05) is 26.2 Å². The van der Waals surface area contributed by atoms with Crippen LogP contribution in [0.3, 0.4) is 0 Å². The molecule has 2 aliphatic carbocycles. The second kappa shape index (κ2) is 8.85. The van der Waals surface area contributed by atoms with Gasteiger partial charge in [0, 0.05) is 43.2 Å². The average molecular weight is 437 g/mol. The van der Waals surface area contributed by atoms with E-state index >= 15 is 0 Å². The second-order valence-electron chi connectivity index (χ2n) is 10.5. The summed E-state index contributed by atoms with van der Waals surface area (Å²) in [6.07, 6.45) is 6.44. The highest BCUT2D eigenvalue weighted by atomic mass is 19.1. The summed E-state index contributed by atoms with van der Waals surface area (Å²) in [5.41, 5.74) is 0. The zero-order valence-electron chi connectivity index (χ0n) is 18.6. The Morgan fingerprint density at radius 2 is 2.00 bits per heavy atom. The van der Waals surface area contributed by atoms with Crippen molar-refractivity contribution < 1.29 is 18.7 Å². The number of rotatable bonds is 4. The van der Waals surface area contributed by atoms with Crippen LogP contribution in [0.15, 0.2) is 0 Å². The maximum absolute atomic E-state index is 14.4. The quantitative estimate of drug-likeness (QED) is 0.706. The first-order chi connectivity index (χ1) is 15.0. The molecule has 6 unspecified atom stereocenters. The maximum atomic E-state index is 14.4. The van der Waals surface area contributed by atoms with Crippen molar-refractivity contribution in [3.8, 4) is 0 Å². The fourth-order valence-electron chi connectivity index (χ4n) is 6.82. The third kappa shape index (κ3) is 4.30. The summed E-state index contributed by atoms with van der Waals surface area (Å²) >= 11 is 0. The van der Waals surface area contributed by atoms with E-state index in [4.69, 9.17) is 4.74 Å². The van der Waals surface area contributed by atoms with Gasteiger partial charge in [-0.3, -0.25) is 9.69 Å². The monoisotopic (exact) mass is 436 g/mol. The van der Waals surface area contributed by atoms with Crippen LogP contribution in [0.25, 0.3) is 0 Å². The minimum Gasteiger partial charge on any atom is -0.448 e. The van der Waals surface area contributed by atoms with Gasteiger partial charge in [0.25, 0.3) is 0 Å². The van der Waals surface area contributed by atoms with E-state index in [1.807, 2.05) is 4.90 Å². The molecule has 0 bridgehead atoms. The first-order valence-electron chi connectivity index (χ1n) is 12.4. The van der Waals surface area contributed by atoms with Gasteiger partial charge in [0.15, 0.2) is 0 Å². The van der Waals surface area contributed by atoms with Crippen molar-refractivity contribution in [2.45, 2.75) is 94.7 Å². The lowest BCUT2D eigenvalue weighted by atomic mass is 9.77. The van der Waals surface area contributed by atoms with E-state index < -0.39 is 6.17 Å². The van der Waals surface area contributed by atoms with Crippen molar-refractivity contribution in [2.24, 2.45) is 11.8 Å². The molecule has 0 spiro atoms. The van der Waals surface area contributed by atoms with Gasteiger partial charge in [0.1, 0.15) is 12.8 Å². The minimum absolute atomic E-state index is 0.0163. The lowest BCUT2D eigenvalue weighted by Crippen LogP contribution is -2.51. The van der Waals surface area contributed by atoms with Crippen LogP contribution in [0.5, 0.6) is 0 Å². The number of nitrogens with zero attached hydrogens (tertiary/aromatic N) is 2. The van der Waals surface area contributed by atoms with E-state index in [-0.39, 0.29) is 42.1 Å². The first kappa shape index (κ1) is 21.4. The molecule has 0 radical (unpaired) electrons. The van der Waals surface area contributed by atoms with Crippen molar-refractivity contribution in [1.82, 2.24) is 20.4 Å². The van der Waals surface area contributed by atoms with Crippen LogP contribution in [-0.4, -0.2) is 84.4 Å². The van der Waals surface area contributed by atoms with E-state index in [9.17, 15) is 14.0 Å². The van der Waals surface area contributed by atoms with Gasteiger partial charge in [-0.1, -0.05) is 6.92 Å². The predicted octanol–water partition coefficient (Wildman–Crippen LogP) is 2.06. The molecule has 3 heterocycles. The molecule has 174 valence electrons. The number of nitrogens with one attached hydrogen (secondary N) is 2. The highest BCUT2D eigenvalue weighted by Crippen LogP contribution is 2.38.